The smallest absolute Gasteiger partial charge is 0.336 e. The van der Waals surface area contributed by atoms with Crippen molar-refractivity contribution in [1.29, 1.82) is 0 Å². The summed E-state index contributed by atoms with van der Waals surface area (Å²) in [6, 6.07) is 1.27. The lowest BCUT2D eigenvalue weighted by Crippen LogP contribution is -2.24. The molecule has 2 aromatic rings. The molecule has 1 aliphatic heterocycles. The molecular formula is C19H20O6. The summed E-state index contributed by atoms with van der Waals surface area (Å²) in [6.07, 6.45) is 0.803. The van der Waals surface area contributed by atoms with Gasteiger partial charge in [-0.15, -0.1) is 0 Å². The van der Waals surface area contributed by atoms with Crippen LogP contribution in [0.3, 0.4) is 0 Å². The molecular weight excluding hydrogens is 324 g/mol. The third-order valence-corrected chi connectivity index (χ3v) is 4.49. The van der Waals surface area contributed by atoms with Gasteiger partial charge in [0.1, 0.15) is 16.9 Å². The van der Waals surface area contributed by atoms with E-state index in [2.05, 4.69) is 0 Å². The van der Waals surface area contributed by atoms with Crippen LogP contribution in [0.5, 0.6) is 11.5 Å². The van der Waals surface area contributed by atoms with Crippen molar-refractivity contribution in [3.8, 4) is 11.5 Å². The van der Waals surface area contributed by atoms with Gasteiger partial charge in [-0.1, -0.05) is 13.8 Å². The number of Topliss-reactive ketones (excluding diaryl/α,β-unsaturated/α-hetero) is 1. The molecule has 0 aliphatic carbocycles. The van der Waals surface area contributed by atoms with Crippen molar-refractivity contribution < 1.29 is 23.8 Å². The Morgan fingerprint density at radius 1 is 1.36 bits per heavy atom. The van der Waals surface area contributed by atoms with Crippen LogP contribution in [-0.2, 0) is 4.79 Å². The minimum Gasteiger partial charge on any atom is -0.506 e. The quantitative estimate of drug-likeness (QED) is 0.397. The van der Waals surface area contributed by atoms with Gasteiger partial charge < -0.3 is 14.3 Å². The van der Waals surface area contributed by atoms with Crippen LogP contribution in [0.2, 0.25) is 0 Å². The van der Waals surface area contributed by atoms with Gasteiger partial charge >= 0.3 is 11.6 Å². The van der Waals surface area contributed by atoms with E-state index in [0.717, 1.165) is 0 Å². The molecule has 2 heterocycles. The molecule has 1 aromatic carbocycles. The van der Waals surface area contributed by atoms with Crippen molar-refractivity contribution in [3.05, 3.63) is 33.2 Å². The number of phenols is 1. The Kier molecular flexibility index (Phi) is 4.14. The summed E-state index contributed by atoms with van der Waals surface area (Å²) in [7, 11) is 0. The number of carbonyl (C=O) groups excluding carboxylic acids is 2. The first-order chi connectivity index (χ1) is 11.7. The van der Waals surface area contributed by atoms with Crippen LogP contribution >= 0.6 is 0 Å². The maximum Gasteiger partial charge on any atom is 0.336 e. The number of phenolic OH excluding ortho intramolecular Hbond substituents is 1. The fourth-order valence-electron chi connectivity index (χ4n) is 3.60. The summed E-state index contributed by atoms with van der Waals surface area (Å²) in [5.74, 6) is -1.14. The Labute approximate surface area is 144 Å². The van der Waals surface area contributed by atoms with Gasteiger partial charge in [-0.25, -0.2) is 4.79 Å². The number of benzene rings is 1. The van der Waals surface area contributed by atoms with Crippen molar-refractivity contribution >= 4 is 22.7 Å². The van der Waals surface area contributed by atoms with Gasteiger partial charge in [0.15, 0.2) is 11.5 Å². The van der Waals surface area contributed by atoms with Gasteiger partial charge in [0.05, 0.1) is 11.8 Å². The van der Waals surface area contributed by atoms with Crippen LogP contribution in [0.1, 0.15) is 61.0 Å². The fraction of sp³-hybridized carbons (Fsp3) is 0.421. The highest BCUT2D eigenvalue weighted by Crippen LogP contribution is 2.49. The summed E-state index contributed by atoms with van der Waals surface area (Å²) in [4.78, 5) is 36.1. The average molecular weight is 344 g/mol. The van der Waals surface area contributed by atoms with E-state index in [9.17, 15) is 19.5 Å². The molecule has 0 amide bonds. The number of carbonyl (C=O) groups is 2. The number of aryl methyl sites for hydroxylation is 1. The predicted octanol–water partition coefficient (Wildman–Crippen LogP) is 3.45. The van der Waals surface area contributed by atoms with Crippen LogP contribution in [0, 0.1) is 12.8 Å². The van der Waals surface area contributed by atoms with E-state index in [1.807, 2.05) is 13.8 Å². The molecule has 0 fully saturated rings. The average Bonchev–Trinajstić information content (AvgIpc) is 2.44. The number of fused-ring (bicyclic) bond motifs is 3. The molecule has 1 N–H and O–H groups in total. The second kappa shape index (κ2) is 6.02. The first-order valence-corrected chi connectivity index (χ1v) is 8.25. The van der Waals surface area contributed by atoms with Crippen LogP contribution < -0.4 is 10.4 Å². The van der Waals surface area contributed by atoms with E-state index in [1.54, 1.807) is 6.92 Å². The lowest BCUT2D eigenvalue weighted by molar-refractivity contribution is -0.136. The Hall–Kier alpha value is -2.63. The van der Waals surface area contributed by atoms with E-state index in [1.165, 1.54) is 13.0 Å². The van der Waals surface area contributed by atoms with Gasteiger partial charge in [0.25, 0.3) is 0 Å². The number of ketones is 1. The minimum absolute atomic E-state index is 0.0214. The van der Waals surface area contributed by atoms with Gasteiger partial charge in [0.2, 0.25) is 0 Å². The number of hydrogen-bond donors (Lipinski definition) is 1. The zero-order valence-corrected chi connectivity index (χ0v) is 14.6. The van der Waals surface area contributed by atoms with Gasteiger partial charge in [-0.05, 0) is 31.7 Å². The fourth-order valence-corrected chi connectivity index (χ4v) is 3.60. The highest BCUT2D eigenvalue weighted by Gasteiger charge is 2.36. The number of esters is 1. The molecule has 1 unspecified atom stereocenters. The zero-order valence-electron chi connectivity index (χ0n) is 14.6. The van der Waals surface area contributed by atoms with Gasteiger partial charge in [-0.3, -0.25) is 9.59 Å². The van der Waals surface area contributed by atoms with Crippen molar-refractivity contribution in [2.45, 2.75) is 46.5 Å². The van der Waals surface area contributed by atoms with Gasteiger partial charge in [0, 0.05) is 17.5 Å². The van der Waals surface area contributed by atoms with E-state index in [0.29, 0.717) is 22.9 Å². The van der Waals surface area contributed by atoms with E-state index in [-0.39, 0.29) is 40.9 Å². The third kappa shape index (κ3) is 2.81. The topological polar surface area (TPSA) is 93.8 Å². The highest BCUT2D eigenvalue weighted by molar-refractivity contribution is 6.08. The first kappa shape index (κ1) is 17.2. The minimum atomic E-state index is -0.553. The largest absolute Gasteiger partial charge is 0.506 e. The number of rotatable bonds is 3. The zero-order chi connectivity index (χ0) is 18.5. The number of ether oxygens (including phenoxy) is 1. The molecule has 0 spiro atoms. The van der Waals surface area contributed by atoms with E-state index < -0.39 is 17.4 Å². The second-order valence-corrected chi connectivity index (χ2v) is 6.98. The molecule has 3 rings (SSSR count). The van der Waals surface area contributed by atoms with E-state index in [4.69, 9.17) is 9.15 Å². The predicted molar refractivity (Wildman–Crippen MR) is 91.3 cm³/mol. The molecule has 132 valence electrons. The highest BCUT2D eigenvalue weighted by atomic mass is 16.5. The molecule has 1 aliphatic rings. The van der Waals surface area contributed by atoms with Crippen molar-refractivity contribution in [1.82, 2.24) is 0 Å². The molecule has 6 nitrogen and oxygen atoms in total. The number of aromatic hydroxyl groups is 1. The van der Waals surface area contributed by atoms with Crippen molar-refractivity contribution in [2.24, 2.45) is 5.92 Å². The van der Waals surface area contributed by atoms with Gasteiger partial charge in [-0.2, -0.15) is 0 Å². The van der Waals surface area contributed by atoms with Crippen LogP contribution in [-0.4, -0.2) is 16.9 Å². The molecule has 0 bridgehead atoms. The molecule has 0 saturated heterocycles. The standard InChI is InChI=1S/C19H20O6/c1-8(2)5-11-7-13(22)25-19-15(10(4)20)17(23)14-9(3)6-12(21)24-18(14)16(11)19/h6,8,11,23H,5,7H2,1-4H3. The SMILES string of the molecule is CC(=O)c1c2c(c3oc(=O)cc(C)c3c1O)C(CC(C)C)CC(=O)O2. The molecule has 25 heavy (non-hydrogen) atoms. The second-order valence-electron chi connectivity index (χ2n) is 6.98. The third-order valence-electron chi connectivity index (χ3n) is 4.49. The molecule has 6 heteroatoms. The van der Waals surface area contributed by atoms with Crippen molar-refractivity contribution in [3.63, 3.8) is 0 Å². The molecule has 0 radical (unpaired) electrons. The normalized spacial score (nSPS) is 16.8. The summed E-state index contributed by atoms with van der Waals surface area (Å²) < 4.78 is 10.7. The molecule has 1 atom stereocenters. The van der Waals surface area contributed by atoms with E-state index >= 15 is 0 Å². The summed E-state index contributed by atoms with van der Waals surface area (Å²) in [6.45, 7) is 7.02. The number of hydrogen-bond acceptors (Lipinski definition) is 6. The Balaban J connectivity index is 2.49. The van der Waals surface area contributed by atoms with Crippen molar-refractivity contribution in [2.75, 3.05) is 0 Å². The van der Waals surface area contributed by atoms with Crippen LogP contribution in [0.4, 0.5) is 0 Å². The Bertz CT molecular complexity index is 951. The molecule has 0 saturated carbocycles. The summed E-state index contributed by atoms with van der Waals surface area (Å²) in [5.41, 5.74) is 0.630. The summed E-state index contributed by atoms with van der Waals surface area (Å²) in [5, 5.41) is 10.9. The maximum absolute atomic E-state index is 12.2. The van der Waals surface area contributed by atoms with Crippen LogP contribution in [0.25, 0.3) is 11.0 Å². The monoisotopic (exact) mass is 344 g/mol. The maximum atomic E-state index is 12.2. The lowest BCUT2D eigenvalue weighted by atomic mass is 9.82. The van der Waals surface area contributed by atoms with Crippen LogP contribution in [0.15, 0.2) is 15.3 Å². The molecule has 1 aromatic heterocycles. The Morgan fingerprint density at radius 3 is 2.64 bits per heavy atom. The lowest BCUT2D eigenvalue weighted by Gasteiger charge is -2.28. The Morgan fingerprint density at radius 2 is 2.04 bits per heavy atom. The first-order valence-electron chi connectivity index (χ1n) is 8.25. The summed E-state index contributed by atoms with van der Waals surface area (Å²) >= 11 is 0.